The fraction of sp³-hybridized carbons (Fsp3) is 0.286. The minimum absolute atomic E-state index is 0.0690. The number of halogens is 2. The molecular formula is C21H19ClFN3O2. The molecule has 144 valence electrons. The SMILES string of the molecule is CC1(C)CN(c2ccc([C@@H](C#N)/C=N\OCc3ccc(F)cc3Cl)cc2)C1=O. The number of nitrogens with zero attached hydrogens (tertiary/aromatic N) is 3. The van der Waals surface area contributed by atoms with Gasteiger partial charge in [0.2, 0.25) is 5.91 Å². The van der Waals surface area contributed by atoms with Crippen molar-refractivity contribution in [1.29, 1.82) is 5.26 Å². The van der Waals surface area contributed by atoms with Crippen LogP contribution in [-0.2, 0) is 16.2 Å². The summed E-state index contributed by atoms with van der Waals surface area (Å²) in [5, 5.41) is 13.5. The Bertz CT molecular complexity index is 951. The highest BCUT2D eigenvalue weighted by Gasteiger charge is 2.44. The second-order valence-electron chi connectivity index (χ2n) is 7.24. The lowest BCUT2D eigenvalue weighted by Gasteiger charge is -2.44. The lowest BCUT2D eigenvalue weighted by molar-refractivity contribution is -0.132. The van der Waals surface area contributed by atoms with E-state index in [2.05, 4.69) is 11.2 Å². The molecule has 0 saturated carbocycles. The fourth-order valence-corrected chi connectivity index (χ4v) is 3.14. The minimum Gasteiger partial charge on any atom is -0.391 e. The Kier molecular flexibility index (Phi) is 5.66. The van der Waals surface area contributed by atoms with Gasteiger partial charge < -0.3 is 9.74 Å². The van der Waals surface area contributed by atoms with Gasteiger partial charge in [-0.1, -0.05) is 35.0 Å². The Balaban J connectivity index is 1.60. The molecule has 1 heterocycles. The maximum atomic E-state index is 13.0. The number of oxime groups is 1. The van der Waals surface area contributed by atoms with Crippen molar-refractivity contribution in [1.82, 2.24) is 0 Å². The van der Waals surface area contributed by atoms with E-state index in [9.17, 15) is 14.4 Å². The Morgan fingerprint density at radius 1 is 1.36 bits per heavy atom. The van der Waals surface area contributed by atoms with Crippen LogP contribution in [0.2, 0.25) is 5.02 Å². The van der Waals surface area contributed by atoms with Gasteiger partial charge in [-0.25, -0.2) is 4.39 Å². The largest absolute Gasteiger partial charge is 0.391 e. The molecule has 1 aliphatic rings. The average Bonchev–Trinajstić information content (AvgIpc) is 2.68. The number of carbonyl (C=O) groups is 1. The van der Waals surface area contributed by atoms with Crippen LogP contribution in [0.5, 0.6) is 0 Å². The summed E-state index contributed by atoms with van der Waals surface area (Å²) >= 11 is 5.93. The summed E-state index contributed by atoms with van der Waals surface area (Å²) in [7, 11) is 0. The predicted molar refractivity (Wildman–Crippen MR) is 106 cm³/mol. The highest BCUT2D eigenvalue weighted by molar-refractivity contribution is 6.31. The molecule has 0 aromatic heterocycles. The van der Waals surface area contributed by atoms with Crippen molar-refractivity contribution in [3.63, 3.8) is 0 Å². The van der Waals surface area contributed by atoms with E-state index in [1.807, 2.05) is 26.0 Å². The highest BCUT2D eigenvalue weighted by atomic mass is 35.5. The van der Waals surface area contributed by atoms with Crippen LogP contribution in [0.1, 0.15) is 30.9 Å². The molecular weight excluding hydrogens is 381 g/mol. The van der Waals surface area contributed by atoms with Gasteiger partial charge in [0, 0.05) is 17.8 Å². The molecule has 0 bridgehead atoms. The van der Waals surface area contributed by atoms with Crippen molar-refractivity contribution < 1.29 is 14.0 Å². The van der Waals surface area contributed by atoms with Crippen molar-refractivity contribution in [2.24, 2.45) is 10.6 Å². The molecule has 1 atom stereocenters. The van der Waals surface area contributed by atoms with Gasteiger partial charge in [-0.15, -0.1) is 0 Å². The lowest BCUT2D eigenvalue weighted by Crippen LogP contribution is -2.58. The molecule has 1 amide bonds. The second-order valence-corrected chi connectivity index (χ2v) is 7.64. The quantitative estimate of drug-likeness (QED) is 0.403. The zero-order valence-corrected chi connectivity index (χ0v) is 16.3. The minimum atomic E-state index is -0.596. The van der Waals surface area contributed by atoms with Gasteiger partial charge in [0.15, 0.2) is 0 Å². The number of anilines is 1. The Morgan fingerprint density at radius 3 is 2.64 bits per heavy atom. The van der Waals surface area contributed by atoms with Crippen molar-refractivity contribution >= 4 is 29.4 Å². The van der Waals surface area contributed by atoms with Crippen LogP contribution < -0.4 is 4.90 Å². The summed E-state index contributed by atoms with van der Waals surface area (Å²) < 4.78 is 13.0. The van der Waals surface area contributed by atoms with Gasteiger partial charge in [0.25, 0.3) is 0 Å². The molecule has 2 aromatic rings. The van der Waals surface area contributed by atoms with Gasteiger partial charge in [-0.3, -0.25) is 4.79 Å². The normalized spacial score (nSPS) is 16.5. The van der Waals surface area contributed by atoms with Crippen molar-refractivity contribution in [2.75, 3.05) is 11.4 Å². The van der Waals surface area contributed by atoms with E-state index < -0.39 is 11.7 Å². The third-order valence-corrected chi connectivity index (χ3v) is 4.95. The molecule has 1 fully saturated rings. The van der Waals surface area contributed by atoms with Gasteiger partial charge in [-0.05, 0) is 43.7 Å². The molecule has 3 rings (SSSR count). The monoisotopic (exact) mass is 399 g/mol. The number of β-lactam (4-membered cyclic amide) rings is 1. The first kappa shape index (κ1) is 19.8. The van der Waals surface area contributed by atoms with Crippen molar-refractivity contribution in [3.05, 3.63) is 64.4 Å². The zero-order valence-electron chi connectivity index (χ0n) is 15.5. The fourth-order valence-electron chi connectivity index (χ4n) is 2.92. The molecule has 1 saturated heterocycles. The number of amides is 1. The summed E-state index contributed by atoms with van der Waals surface area (Å²) in [6.45, 7) is 4.58. The molecule has 7 heteroatoms. The van der Waals surface area contributed by atoms with E-state index in [1.165, 1.54) is 24.4 Å². The van der Waals surface area contributed by atoms with Crippen LogP contribution in [0.25, 0.3) is 0 Å². The van der Waals surface area contributed by atoms with Crippen LogP contribution in [-0.4, -0.2) is 18.7 Å². The lowest BCUT2D eigenvalue weighted by atomic mass is 9.82. The van der Waals surface area contributed by atoms with E-state index in [0.29, 0.717) is 12.1 Å². The summed E-state index contributed by atoms with van der Waals surface area (Å²) in [6.07, 6.45) is 1.39. The molecule has 1 aliphatic heterocycles. The maximum absolute atomic E-state index is 13.0. The van der Waals surface area contributed by atoms with Crippen molar-refractivity contribution in [3.8, 4) is 6.07 Å². The third-order valence-electron chi connectivity index (χ3n) is 4.60. The topological polar surface area (TPSA) is 65.7 Å². The van der Waals surface area contributed by atoms with Crippen LogP contribution in [0.15, 0.2) is 47.6 Å². The average molecular weight is 400 g/mol. The van der Waals surface area contributed by atoms with Gasteiger partial charge >= 0.3 is 0 Å². The Labute approximate surface area is 168 Å². The van der Waals surface area contributed by atoms with Gasteiger partial charge in [-0.2, -0.15) is 5.26 Å². The van der Waals surface area contributed by atoms with Gasteiger partial charge in [0.05, 0.1) is 22.7 Å². The smallest absolute Gasteiger partial charge is 0.234 e. The molecule has 0 radical (unpaired) electrons. The summed E-state index contributed by atoms with van der Waals surface area (Å²) in [6, 6.07) is 13.4. The number of benzene rings is 2. The van der Waals surface area contributed by atoms with Crippen LogP contribution >= 0.6 is 11.6 Å². The van der Waals surface area contributed by atoms with E-state index in [1.54, 1.807) is 17.0 Å². The Hall–Kier alpha value is -2.91. The molecule has 0 N–H and O–H groups in total. The first-order valence-corrected chi connectivity index (χ1v) is 9.10. The molecule has 0 aliphatic carbocycles. The number of nitriles is 1. The molecule has 0 unspecified atom stereocenters. The first-order chi connectivity index (χ1) is 13.3. The number of hydrogen-bond donors (Lipinski definition) is 0. The van der Waals surface area contributed by atoms with Crippen LogP contribution in [0.3, 0.4) is 0 Å². The third kappa shape index (κ3) is 4.15. The van der Waals surface area contributed by atoms with E-state index in [4.69, 9.17) is 16.4 Å². The maximum Gasteiger partial charge on any atom is 0.234 e. The summed E-state index contributed by atoms with van der Waals surface area (Å²) in [4.78, 5) is 19.0. The number of hydrogen-bond acceptors (Lipinski definition) is 4. The second kappa shape index (κ2) is 7.99. The van der Waals surface area contributed by atoms with Crippen LogP contribution in [0.4, 0.5) is 10.1 Å². The zero-order chi connectivity index (χ0) is 20.3. The summed E-state index contributed by atoms with van der Waals surface area (Å²) in [5.41, 5.74) is 1.83. The molecule has 0 spiro atoms. The Morgan fingerprint density at radius 2 is 2.07 bits per heavy atom. The van der Waals surface area contributed by atoms with E-state index >= 15 is 0 Å². The van der Waals surface area contributed by atoms with Crippen molar-refractivity contribution in [2.45, 2.75) is 26.4 Å². The highest BCUT2D eigenvalue weighted by Crippen LogP contribution is 2.35. The molecule has 2 aromatic carbocycles. The molecule has 28 heavy (non-hydrogen) atoms. The predicted octanol–water partition coefficient (Wildman–Crippen LogP) is 4.66. The summed E-state index contributed by atoms with van der Waals surface area (Å²) in [5.74, 6) is -0.929. The molecule has 5 nitrogen and oxygen atoms in total. The van der Waals surface area contributed by atoms with E-state index in [0.717, 1.165) is 11.3 Å². The van der Waals surface area contributed by atoms with Gasteiger partial charge in [0.1, 0.15) is 18.3 Å². The van der Waals surface area contributed by atoms with E-state index in [-0.39, 0.29) is 23.0 Å². The standard InChI is InChI=1S/C21H19ClFN3O2/c1-21(2)13-26(20(21)27)18-7-4-14(5-8-18)16(10-24)11-25-28-12-15-3-6-17(23)9-19(15)22/h3-9,11,16H,12-13H2,1-2H3/b25-11-/t16-/m0/s1. The first-order valence-electron chi connectivity index (χ1n) is 8.73. The van der Waals surface area contributed by atoms with Crippen LogP contribution in [0, 0.1) is 22.6 Å². The number of carbonyl (C=O) groups excluding carboxylic acids is 1. The number of rotatable bonds is 6.